The molecule has 0 radical (unpaired) electrons. The molecule has 1 N–H and O–H groups in total. The number of aryl methyl sites for hydroxylation is 1. The first-order valence-corrected chi connectivity index (χ1v) is 8.05. The van der Waals surface area contributed by atoms with E-state index in [2.05, 4.69) is 76.7 Å². The fourth-order valence-electron chi connectivity index (χ4n) is 2.93. The van der Waals surface area contributed by atoms with Gasteiger partial charge in [0.25, 0.3) is 0 Å². The van der Waals surface area contributed by atoms with Crippen molar-refractivity contribution in [1.29, 1.82) is 0 Å². The van der Waals surface area contributed by atoms with Gasteiger partial charge in [-0.3, -0.25) is 0 Å². The summed E-state index contributed by atoms with van der Waals surface area (Å²) in [6, 6.07) is 18.0. The highest BCUT2D eigenvalue weighted by atomic mass is 79.9. The van der Waals surface area contributed by atoms with Gasteiger partial charge in [-0.25, -0.2) is 0 Å². The summed E-state index contributed by atoms with van der Waals surface area (Å²) in [5, 5.41) is 3.67. The van der Waals surface area contributed by atoms with Gasteiger partial charge in [-0.15, -0.1) is 0 Å². The van der Waals surface area contributed by atoms with E-state index < -0.39 is 0 Å². The third-order valence-electron chi connectivity index (χ3n) is 4.16. The minimum atomic E-state index is 0.660. The summed E-state index contributed by atoms with van der Waals surface area (Å²) in [5.74, 6) is 0.709. The third kappa shape index (κ3) is 3.13. The van der Waals surface area contributed by atoms with Gasteiger partial charge in [-0.05, 0) is 42.9 Å². The first-order chi connectivity index (χ1) is 9.72. The molecule has 3 rings (SSSR count). The van der Waals surface area contributed by atoms with Crippen LogP contribution in [-0.2, 0) is 6.54 Å². The molecule has 1 aliphatic carbocycles. The molecular weight excluding hydrogens is 310 g/mol. The van der Waals surface area contributed by atoms with Crippen LogP contribution in [0.1, 0.15) is 35.4 Å². The van der Waals surface area contributed by atoms with Gasteiger partial charge in [-0.1, -0.05) is 64.0 Å². The Kier molecular flexibility index (Phi) is 4.23. The highest BCUT2D eigenvalue weighted by Gasteiger charge is 2.30. The Morgan fingerprint density at radius 2 is 1.90 bits per heavy atom. The molecule has 0 spiro atoms. The Hall–Kier alpha value is -1.12. The number of nitrogens with one attached hydrogen (secondary N) is 1. The summed E-state index contributed by atoms with van der Waals surface area (Å²) >= 11 is 3.65. The molecule has 1 saturated carbocycles. The molecule has 104 valence electrons. The molecule has 0 amide bonds. The zero-order chi connectivity index (χ0) is 13.9. The van der Waals surface area contributed by atoms with Crippen LogP contribution in [-0.4, -0.2) is 6.04 Å². The van der Waals surface area contributed by atoms with Gasteiger partial charge >= 0.3 is 0 Å². The number of hydrogen-bond donors (Lipinski definition) is 1. The zero-order valence-electron chi connectivity index (χ0n) is 11.8. The van der Waals surface area contributed by atoms with Gasteiger partial charge in [0.1, 0.15) is 0 Å². The average molecular weight is 330 g/mol. The molecule has 1 nitrogen and oxygen atoms in total. The van der Waals surface area contributed by atoms with Crippen LogP contribution in [0.25, 0.3) is 0 Å². The molecule has 2 heteroatoms. The number of rotatable bonds is 4. The Balaban J connectivity index is 1.50. The lowest BCUT2D eigenvalue weighted by Gasteiger charge is -2.37. The van der Waals surface area contributed by atoms with E-state index in [4.69, 9.17) is 0 Å². The van der Waals surface area contributed by atoms with Crippen LogP contribution < -0.4 is 5.32 Å². The maximum atomic E-state index is 3.67. The number of benzene rings is 2. The lowest BCUT2D eigenvalue weighted by Crippen LogP contribution is -2.39. The molecule has 20 heavy (non-hydrogen) atoms. The normalized spacial score (nSPS) is 21.5. The van der Waals surface area contributed by atoms with Crippen LogP contribution in [0.5, 0.6) is 0 Å². The van der Waals surface area contributed by atoms with E-state index >= 15 is 0 Å². The van der Waals surface area contributed by atoms with Gasteiger partial charge < -0.3 is 5.32 Å². The SMILES string of the molecule is Cc1cccc(CNC2CC(c3ccccc3Br)C2)c1. The predicted molar refractivity (Wildman–Crippen MR) is 87.9 cm³/mol. The van der Waals surface area contributed by atoms with Crippen molar-refractivity contribution in [2.24, 2.45) is 0 Å². The van der Waals surface area contributed by atoms with E-state index in [1.165, 1.54) is 34.0 Å². The van der Waals surface area contributed by atoms with Crippen LogP contribution in [0.4, 0.5) is 0 Å². The highest BCUT2D eigenvalue weighted by molar-refractivity contribution is 9.10. The molecule has 0 heterocycles. The molecule has 0 aromatic heterocycles. The second-order valence-electron chi connectivity index (χ2n) is 5.76. The Morgan fingerprint density at radius 3 is 2.65 bits per heavy atom. The van der Waals surface area contributed by atoms with Crippen LogP contribution in [0.3, 0.4) is 0 Å². The van der Waals surface area contributed by atoms with Crippen molar-refractivity contribution in [2.45, 2.75) is 38.3 Å². The van der Waals surface area contributed by atoms with Crippen LogP contribution in [0.15, 0.2) is 53.0 Å². The maximum Gasteiger partial charge on any atom is 0.0210 e. The average Bonchev–Trinajstić information content (AvgIpc) is 2.39. The molecule has 0 bridgehead atoms. The van der Waals surface area contributed by atoms with E-state index in [1.807, 2.05) is 0 Å². The van der Waals surface area contributed by atoms with Crippen molar-refractivity contribution in [3.8, 4) is 0 Å². The summed E-state index contributed by atoms with van der Waals surface area (Å²) in [4.78, 5) is 0. The highest BCUT2D eigenvalue weighted by Crippen LogP contribution is 2.40. The molecule has 2 aromatic rings. The monoisotopic (exact) mass is 329 g/mol. The van der Waals surface area contributed by atoms with Gasteiger partial charge in [0.05, 0.1) is 0 Å². The van der Waals surface area contributed by atoms with E-state index in [0.29, 0.717) is 12.0 Å². The molecular formula is C18H20BrN. The zero-order valence-corrected chi connectivity index (χ0v) is 13.4. The molecule has 0 unspecified atom stereocenters. The molecule has 1 fully saturated rings. The number of hydrogen-bond acceptors (Lipinski definition) is 1. The lowest BCUT2D eigenvalue weighted by atomic mass is 9.76. The molecule has 0 aliphatic heterocycles. The number of halogens is 1. The smallest absolute Gasteiger partial charge is 0.0210 e. The molecule has 0 saturated heterocycles. The first-order valence-electron chi connectivity index (χ1n) is 7.26. The standard InChI is InChI=1S/C18H20BrN/c1-13-5-4-6-14(9-13)12-20-16-10-15(11-16)17-7-2-3-8-18(17)19/h2-9,15-16,20H,10-12H2,1H3. The Morgan fingerprint density at radius 1 is 1.10 bits per heavy atom. The quantitative estimate of drug-likeness (QED) is 0.850. The Bertz CT molecular complexity index is 587. The van der Waals surface area contributed by atoms with E-state index in [0.717, 1.165) is 6.54 Å². The minimum absolute atomic E-state index is 0.660. The van der Waals surface area contributed by atoms with Gasteiger partial charge in [0, 0.05) is 17.1 Å². The fourth-order valence-corrected chi connectivity index (χ4v) is 3.54. The van der Waals surface area contributed by atoms with Crippen LogP contribution in [0, 0.1) is 6.92 Å². The van der Waals surface area contributed by atoms with Gasteiger partial charge in [-0.2, -0.15) is 0 Å². The van der Waals surface area contributed by atoms with Gasteiger partial charge in [0.15, 0.2) is 0 Å². The molecule has 2 aromatic carbocycles. The van der Waals surface area contributed by atoms with E-state index in [9.17, 15) is 0 Å². The summed E-state index contributed by atoms with van der Waals surface area (Å²) < 4.78 is 1.25. The fraction of sp³-hybridized carbons (Fsp3) is 0.333. The summed E-state index contributed by atoms with van der Waals surface area (Å²) in [7, 11) is 0. The summed E-state index contributed by atoms with van der Waals surface area (Å²) in [6.07, 6.45) is 2.49. The van der Waals surface area contributed by atoms with Crippen molar-refractivity contribution in [3.05, 3.63) is 69.7 Å². The first kappa shape index (κ1) is 13.8. The third-order valence-corrected chi connectivity index (χ3v) is 4.88. The maximum absolute atomic E-state index is 3.67. The van der Waals surface area contributed by atoms with Crippen molar-refractivity contribution in [1.82, 2.24) is 5.32 Å². The van der Waals surface area contributed by atoms with Crippen molar-refractivity contribution in [3.63, 3.8) is 0 Å². The molecule has 1 aliphatic rings. The largest absolute Gasteiger partial charge is 0.310 e. The lowest BCUT2D eigenvalue weighted by molar-refractivity contribution is 0.289. The van der Waals surface area contributed by atoms with Gasteiger partial charge in [0.2, 0.25) is 0 Å². The second-order valence-corrected chi connectivity index (χ2v) is 6.61. The molecule has 0 atom stereocenters. The van der Waals surface area contributed by atoms with Crippen molar-refractivity contribution in [2.75, 3.05) is 0 Å². The van der Waals surface area contributed by atoms with E-state index in [-0.39, 0.29) is 0 Å². The summed E-state index contributed by atoms with van der Waals surface area (Å²) in [6.45, 7) is 3.13. The van der Waals surface area contributed by atoms with Crippen molar-refractivity contribution >= 4 is 15.9 Å². The summed E-state index contributed by atoms with van der Waals surface area (Å²) in [5.41, 5.74) is 4.18. The minimum Gasteiger partial charge on any atom is -0.310 e. The predicted octanol–water partition coefficient (Wildman–Crippen LogP) is 4.79. The topological polar surface area (TPSA) is 12.0 Å². The Labute approximate surface area is 129 Å². The second kappa shape index (κ2) is 6.11. The van der Waals surface area contributed by atoms with Crippen LogP contribution >= 0.6 is 15.9 Å². The van der Waals surface area contributed by atoms with Crippen molar-refractivity contribution < 1.29 is 0 Å². The van der Waals surface area contributed by atoms with E-state index in [1.54, 1.807) is 0 Å². The van der Waals surface area contributed by atoms with Crippen LogP contribution in [0.2, 0.25) is 0 Å².